The van der Waals surface area contributed by atoms with Crippen LogP contribution in [0, 0.1) is 0 Å². The molecule has 1 aromatic rings. The lowest BCUT2D eigenvalue weighted by molar-refractivity contribution is 0.116. The fraction of sp³-hybridized carbons (Fsp3) is 0.333. The van der Waals surface area contributed by atoms with Crippen LogP contribution in [0.1, 0.15) is 5.56 Å². The van der Waals surface area contributed by atoms with Crippen LogP contribution < -0.4 is 0 Å². The van der Waals surface area contributed by atoms with Gasteiger partial charge in [0.25, 0.3) is 3.98 Å². The van der Waals surface area contributed by atoms with Crippen molar-refractivity contribution < 1.29 is 4.74 Å². The molecular formula is C9H8Cl6O. The third kappa shape index (κ3) is 13.0. The van der Waals surface area contributed by atoms with Gasteiger partial charge in [0.2, 0.25) is 0 Å². The second-order valence-electron chi connectivity index (χ2n) is 2.47. The normalized spacial score (nSPS) is 10.9. The first-order valence-electron chi connectivity index (χ1n) is 3.98. The van der Waals surface area contributed by atoms with E-state index in [0.29, 0.717) is 6.61 Å². The van der Waals surface area contributed by atoms with Crippen molar-refractivity contribution in [2.24, 2.45) is 0 Å². The summed E-state index contributed by atoms with van der Waals surface area (Å²) >= 11 is 30.6. The summed E-state index contributed by atoms with van der Waals surface area (Å²) in [7, 11) is 0. The fourth-order valence-corrected chi connectivity index (χ4v) is 0.903. The molecule has 0 bridgehead atoms. The predicted octanol–water partition coefficient (Wildman–Crippen LogP) is 5.52. The highest BCUT2D eigenvalue weighted by Gasteiger charge is 2.19. The van der Waals surface area contributed by atoms with Gasteiger partial charge in [-0.15, -0.1) is 0 Å². The molecule has 0 aliphatic carbocycles. The van der Waals surface area contributed by atoms with E-state index in [1.54, 1.807) is 0 Å². The lowest BCUT2D eigenvalue weighted by Gasteiger charge is -2.11. The van der Waals surface area contributed by atoms with E-state index in [0.717, 1.165) is 5.56 Å². The third-order valence-corrected chi connectivity index (χ3v) is 1.57. The number of rotatable bonds is 2. The van der Waals surface area contributed by atoms with Gasteiger partial charge in [-0.25, -0.2) is 0 Å². The lowest BCUT2D eigenvalue weighted by Crippen LogP contribution is -2.08. The number of hydrogen-bond donors (Lipinski definition) is 0. The Bertz CT molecular complexity index is 268. The molecule has 1 aromatic carbocycles. The van der Waals surface area contributed by atoms with E-state index in [-0.39, 0.29) is 0 Å². The van der Waals surface area contributed by atoms with Crippen molar-refractivity contribution in [3.8, 4) is 0 Å². The highest BCUT2D eigenvalue weighted by molar-refractivity contribution is 6.66. The monoisotopic (exact) mass is 342 g/mol. The van der Waals surface area contributed by atoms with Gasteiger partial charge in [0.05, 0.1) is 6.61 Å². The van der Waals surface area contributed by atoms with Gasteiger partial charge in [-0.1, -0.05) is 99.9 Å². The maximum Gasteiger partial charge on any atom is 0.297 e. The number of alkyl halides is 6. The van der Waals surface area contributed by atoms with Crippen LogP contribution in [0.4, 0.5) is 0 Å². The molecule has 0 fully saturated rings. The molecule has 0 radical (unpaired) electrons. The summed E-state index contributed by atoms with van der Waals surface area (Å²) in [5, 5.41) is 0. The van der Waals surface area contributed by atoms with Crippen LogP contribution in [0.3, 0.4) is 0 Å². The standard InChI is InChI=1S/C8H7Cl3O.CHCl3/c9-8(10,11)12-6-7-4-2-1-3-5-7;2-1(3)4/h1-5H,6H2;1H. The molecule has 0 heterocycles. The summed E-state index contributed by atoms with van der Waals surface area (Å²) in [4.78, 5) is 0. The molecule has 0 amide bonds. The quantitative estimate of drug-likeness (QED) is 0.642. The Morgan fingerprint density at radius 1 is 1.00 bits per heavy atom. The summed E-state index contributed by atoms with van der Waals surface area (Å²) < 4.78 is 2.53. The zero-order valence-corrected chi connectivity index (χ0v) is 12.4. The minimum atomic E-state index is -1.63. The van der Waals surface area contributed by atoms with Gasteiger partial charge in [-0.05, 0) is 5.56 Å². The largest absolute Gasteiger partial charge is 0.330 e. The van der Waals surface area contributed by atoms with E-state index in [9.17, 15) is 0 Å². The van der Waals surface area contributed by atoms with Gasteiger partial charge in [-0.2, -0.15) is 0 Å². The van der Waals surface area contributed by atoms with Crippen LogP contribution in [0.5, 0.6) is 0 Å². The molecule has 16 heavy (non-hydrogen) atoms. The van der Waals surface area contributed by atoms with Crippen molar-refractivity contribution in [1.29, 1.82) is 0 Å². The van der Waals surface area contributed by atoms with Gasteiger partial charge in [0, 0.05) is 0 Å². The summed E-state index contributed by atoms with van der Waals surface area (Å²) in [6.45, 7) is 0.303. The maximum absolute atomic E-state index is 5.39. The van der Waals surface area contributed by atoms with Crippen molar-refractivity contribution in [1.82, 2.24) is 0 Å². The van der Waals surface area contributed by atoms with Gasteiger partial charge in [-0.3, -0.25) is 0 Å². The molecule has 0 saturated carbocycles. The molecule has 0 unspecified atom stereocenters. The zero-order valence-electron chi connectivity index (χ0n) is 7.85. The molecular weight excluding hydrogens is 337 g/mol. The van der Waals surface area contributed by atoms with Crippen molar-refractivity contribution in [3.05, 3.63) is 35.9 Å². The van der Waals surface area contributed by atoms with E-state index in [1.165, 1.54) is 0 Å². The van der Waals surface area contributed by atoms with Crippen LogP contribution in [0.2, 0.25) is 0 Å². The van der Waals surface area contributed by atoms with Gasteiger partial charge in [0.15, 0.2) is 4.30 Å². The first-order valence-corrected chi connectivity index (χ1v) is 6.42. The zero-order chi connectivity index (χ0) is 12.6. The fourth-order valence-electron chi connectivity index (χ4n) is 0.739. The van der Waals surface area contributed by atoms with E-state index in [2.05, 4.69) is 0 Å². The Hall–Kier alpha value is 0.920. The van der Waals surface area contributed by atoms with Crippen LogP contribution in [0.15, 0.2) is 30.3 Å². The molecule has 0 atom stereocenters. The molecule has 1 nitrogen and oxygen atoms in total. The third-order valence-electron chi connectivity index (χ3n) is 1.25. The number of hydrogen-bond acceptors (Lipinski definition) is 1. The first kappa shape index (κ1) is 16.9. The van der Waals surface area contributed by atoms with Crippen LogP contribution in [-0.4, -0.2) is 8.27 Å². The molecule has 1 rings (SSSR count). The SMILES string of the molecule is ClC(Cl)(Cl)OCc1ccccc1.ClC(Cl)Cl. The summed E-state index contributed by atoms with van der Waals surface area (Å²) in [5.74, 6) is 0. The van der Waals surface area contributed by atoms with Crippen molar-refractivity contribution in [2.75, 3.05) is 0 Å². The van der Waals surface area contributed by atoms with E-state index < -0.39 is 8.27 Å². The molecule has 0 saturated heterocycles. The van der Waals surface area contributed by atoms with Crippen molar-refractivity contribution in [2.45, 2.75) is 14.9 Å². The molecule has 0 spiro atoms. The maximum atomic E-state index is 5.39. The Kier molecular flexibility index (Phi) is 9.44. The Labute approximate surface area is 124 Å². The minimum absolute atomic E-state index is 0.303. The summed E-state index contributed by atoms with van der Waals surface area (Å²) in [6.07, 6.45) is 0. The predicted molar refractivity (Wildman–Crippen MR) is 72.9 cm³/mol. The number of halogens is 6. The second kappa shape index (κ2) is 8.93. The van der Waals surface area contributed by atoms with Gasteiger partial charge >= 0.3 is 0 Å². The highest BCUT2D eigenvalue weighted by Crippen LogP contribution is 2.28. The molecule has 7 heteroatoms. The van der Waals surface area contributed by atoms with E-state index >= 15 is 0 Å². The van der Waals surface area contributed by atoms with E-state index in [1.807, 2.05) is 30.3 Å². The van der Waals surface area contributed by atoms with Crippen LogP contribution in [-0.2, 0) is 11.3 Å². The highest BCUT2D eigenvalue weighted by atomic mass is 35.6. The summed E-state index contributed by atoms with van der Waals surface area (Å²) in [6, 6.07) is 9.51. The molecule has 0 aromatic heterocycles. The van der Waals surface area contributed by atoms with Gasteiger partial charge < -0.3 is 4.74 Å². The molecule has 92 valence electrons. The molecule has 0 aliphatic heterocycles. The second-order valence-corrected chi connectivity index (χ2v) is 6.62. The minimum Gasteiger partial charge on any atom is -0.330 e. The smallest absolute Gasteiger partial charge is 0.297 e. The average molecular weight is 345 g/mol. The lowest BCUT2D eigenvalue weighted by atomic mass is 10.2. The Balaban J connectivity index is 0.000000487. The topological polar surface area (TPSA) is 9.23 Å². The average Bonchev–Trinajstić information content (AvgIpc) is 2.14. The number of ether oxygens (including phenoxy) is 1. The van der Waals surface area contributed by atoms with E-state index in [4.69, 9.17) is 74.3 Å². The number of benzene rings is 1. The van der Waals surface area contributed by atoms with Crippen molar-refractivity contribution in [3.63, 3.8) is 0 Å². The molecule has 0 N–H and O–H groups in total. The molecule has 0 aliphatic rings. The summed E-state index contributed by atoms with van der Waals surface area (Å²) in [5.41, 5.74) is 0.976. The van der Waals surface area contributed by atoms with Crippen molar-refractivity contribution >= 4 is 69.6 Å². The van der Waals surface area contributed by atoms with Crippen LogP contribution in [0.25, 0.3) is 0 Å². The van der Waals surface area contributed by atoms with Crippen LogP contribution >= 0.6 is 69.6 Å². The Morgan fingerprint density at radius 2 is 1.44 bits per heavy atom. The Morgan fingerprint density at radius 3 is 1.81 bits per heavy atom. The van der Waals surface area contributed by atoms with Gasteiger partial charge in [0.1, 0.15) is 0 Å². The first-order chi connectivity index (χ1) is 7.31.